The lowest BCUT2D eigenvalue weighted by Gasteiger charge is -2.06. The van der Waals surface area contributed by atoms with Gasteiger partial charge in [0, 0.05) is 15.7 Å². The Balaban J connectivity index is 2.05. The van der Waals surface area contributed by atoms with Crippen LogP contribution in [0.2, 0.25) is 5.02 Å². The molecule has 4 nitrogen and oxygen atoms in total. The zero-order valence-corrected chi connectivity index (χ0v) is 12.2. The Labute approximate surface area is 123 Å². The monoisotopic (exact) mass is 336 g/mol. The molecule has 0 atom stereocenters. The molecule has 0 saturated heterocycles. The molecule has 2 N–H and O–H groups in total. The van der Waals surface area contributed by atoms with Gasteiger partial charge in [0.1, 0.15) is 5.52 Å². The molecule has 0 radical (unpaired) electrons. The average molecular weight is 338 g/mol. The summed E-state index contributed by atoms with van der Waals surface area (Å²) >= 11 is 9.25. The van der Waals surface area contributed by atoms with E-state index in [0.717, 1.165) is 21.2 Å². The Morgan fingerprint density at radius 1 is 1.26 bits per heavy atom. The summed E-state index contributed by atoms with van der Waals surface area (Å²) in [6.07, 6.45) is 1.74. The second kappa shape index (κ2) is 4.83. The standard InChI is InChI=1S/C13H10BrClN4/c14-9-5-11-12(17-6-9)19(13(16)18-11)7-8-1-3-10(15)4-2-8/h1-6H,7H2,(H2,16,18). The minimum absolute atomic E-state index is 0.454. The first-order valence-corrected chi connectivity index (χ1v) is 6.82. The molecule has 0 aliphatic carbocycles. The highest BCUT2D eigenvalue weighted by Gasteiger charge is 2.10. The smallest absolute Gasteiger partial charge is 0.202 e. The maximum absolute atomic E-state index is 5.95. The molecular weight excluding hydrogens is 328 g/mol. The lowest BCUT2D eigenvalue weighted by molar-refractivity contribution is 0.828. The summed E-state index contributed by atoms with van der Waals surface area (Å²) < 4.78 is 2.77. The first-order chi connectivity index (χ1) is 9.13. The van der Waals surface area contributed by atoms with E-state index in [1.807, 2.05) is 34.9 Å². The molecule has 2 heterocycles. The summed E-state index contributed by atoms with van der Waals surface area (Å²) in [6.45, 7) is 0.619. The lowest BCUT2D eigenvalue weighted by Crippen LogP contribution is -2.05. The van der Waals surface area contributed by atoms with E-state index in [-0.39, 0.29) is 0 Å². The average Bonchev–Trinajstić information content (AvgIpc) is 2.68. The van der Waals surface area contributed by atoms with E-state index in [0.29, 0.717) is 17.5 Å². The van der Waals surface area contributed by atoms with E-state index in [4.69, 9.17) is 17.3 Å². The second-order valence-corrected chi connectivity index (χ2v) is 5.53. The highest BCUT2D eigenvalue weighted by atomic mass is 79.9. The van der Waals surface area contributed by atoms with E-state index >= 15 is 0 Å². The van der Waals surface area contributed by atoms with Crippen LogP contribution in [-0.2, 0) is 6.54 Å². The third kappa shape index (κ3) is 2.43. The molecule has 19 heavy (non-hydrogen) atoms. The van der Waals surface area contributed by atoms with Crippen molar-refractivity contribution in [3.8, 4) is 0 Å². The number of nitrogens with zero attached hydrogens (tertiary/aromatic N) is 3. The van der Waals surface area contributed by atoms with Crippen molar-refractivity contribution >= 4 is 44.6 Å². The SMILES string of the molecule is Nc1nc2cc(Br)cnc2n1Cc1ccc(Cl)cc1. The second-order valence-electron chi connectivity index (χ2n) is 4.18. The summed E-state index contributed by atoms with van der Waals surface area (Å²) in [7, 11) is 0. The Morgan fingerprint density at radius 2 is 2.00 bits per heavy atom. The first kappa shape index (κ1) is 12.4. The van der Waals surface area contributed by atoms with Gasteiger partial charge in [-0.3, -0.25) is 4.57 Å². The van der Waals surface area contributed by atoms with Crippen molar-refractivity contribution in [2.45, 2.75) is 6.54 Å². The molecule has 6 heteroatoms. The fourth-order valence-corrected chi connectivity index (χ4v) is 2.38. The Kier molecular flexibility index (Phi) is 3.16. The minimum Gasteiger partial charge on any atom is -0.369 e. The van der Waals surface area contributed by atoms with Crippen LogP contribution in [0.5, 0.6) is 0 Å². The molecular formula is C13H10BrClN4. The topological polar surface area (TPSA) is 56.7 Å². The third-order valence-electron chi connectivity index (χ3n) is 2.84. The number of halogens is 2. The molecule has 0 bridgehead atoms. The summed E-state index contributed by atoms with van der Waals surface area (Å²) in [5, 5.41) is 0.717. The van der Waals surface area contributed by atoms with Gasteiger partial charge in [-0.15, -0.1) is 0 Å². The fraction of sp³-hybridized carbons (Fsp3) is 0.0769. The highest BCUT2D eigenvalue weighted by molar-refractivity contribution is 9.10. The molecule has 0 aliphatic rings. The number of pyridine rings is 1. The molecule has 96 valence electrons. The van der Waals surface area contributed by atoms with E-state index < -0.39 is 0 Å². The molecule has 2 aromatic heterocycles. The number of rotatable bonds is 2. The number of nitrogens with two attached hydrogens (primary N) is 1. The molecule has 1 aromatic carbocycles. The van der Waals surface area contributed by atoms with Gasteiger partial charge in [0.2, 0.25) is 5.95 Å². The van der Waals surface area contributed by atoms with Gasteiger partial charge in [-0.2, -0.15) is 0 Å². The maximum atomic E-state index is 5.95. The minimum atomic E-state index is 0.454. The molecule has 0 unspecified atom stereocenters. The van der Waals surface area contributed by atoms with Crippen LogP contribution in [0.25, 0.3) is 11.2 Å². The van der Waals surface area contributed by atoms with Crippen LogP contribution >= 0.6 is 27.5 Å². The Hall–Kier alpha value is -1.59. The largest absolute Gasteiger partial charge is 0.369 e. The van der Waals surface area contributed by atoms with Crippen molar-refractivity contribution in [1.82, 2.24) is 14.5 Å². The number of hydrogen-bond acceptors (Lipinski definition) is 3. The van der Waals surface area contributed by atoms with Gasteiger partial charge in [0.15, 0.2) is 5.65 Å². The molecule has 0 saturated carbocycles. The van der Waals surface area contributed by atoms with Crippen molar-refractivity contribution in [2.75, 3.05) is 5.73 Å². The van der Waals surface area contributed by atoms with Gasteiger partial charge >= 0.3 is 0 Å². The molecule has 0 fully saturated rings. The number of imidazole rings is 1. The fourth-order valence-electron chi connectivity index (χ4n) is 1.93. The van der Waals surface area contributed by atoms with Crippen LogP contribution in [0.3, 0.4) is 0 Å². The van der Waals surface area contributed by atoms with Crippen molar-refractivity contribution in [1.29, 1.82) is 0 Å². The number of hydrogen-bond donors (Lipinski definition) is 1. The zero-order valence-electron chi connectivity index (χ0n) is 9.85. The summed E-state index contributed by atoms with van der Waals surface area (Å²) in [5.41, 5.74) is 8.60. The van der Waals surface area contributed by atoms with Gasteiger partial charge in [-0.25, -0.2) is 9.97 Å². The van der Waals surface area contributed by atoms with Crippen LogP contribution in [0, 0.1) is 0 Å². The first-order valence-electron chi connectivity index (χ1n) is 5.65. The van der Waals surface area contributed by atoms with E-state index in [1.54, 1.807) is 6.20 Å². The van der Waals surface area contributed by atoms with Crippen molar-refractivity contribution < 1.29 is 0 Å². The van der Waals surface area contributed by atoms with Crippen LogP contribution in [-0.4, -0.2) is 14.5 Å². The number of benzene rings is 1. The quantitative estimate of drug-likeness (QED) is 0.779. The summed E-state index contributed by atoms with van der Waals surface area (Å²) in [6, 6.07) is 9.54. The van der Waals surface area contributed by atoms with Gasteiger partial charge in [0.25, 0.3) is 0 Å². The van der Waals surface area contributed by atoms with E-state index in [2.05, 4.69) is 25.9 Å². The van der Waals surface area contributed by atoms with Crippen LogP contribution in [0.15, 0.2) is 41.0 Å². The Bertz CT molecular complexity index is 736. The summed E-state index contributed by atoms with van der Waals surface area (Å²) in [5.74, 6) is 0.454. The highest BCUT2D eigenvalue weighted by Crippen LogP contribution is 2.21. The number of anilines is 1. The van der Waals surface area contributed by atoms with Crippen LogP contribution < -0.4 is 5.73 Å². The van der Waals surface area contributed by atoms with Crippen molar-refractivity contribution in [3.05, 3.63) is 51.6 Å². The predicted octanol–water partition coefficient (Wildman–Crippen LogP) is 3.48. The zero-order chi connectivity index (χ0) is 13.4. The van der Waals surface area contributed by atoms with Crippen LogP contribution in [0.1, 0.15) is 5.56 Å². The van der Waals surface area contributed by atoms with Gasteiger partial charge in [-0.05, 0) is 39.7 Å². The van der Waals surface area contributed by atoms with Gasteiger partial charge < -0.3 is 5.73 Å². The molecule has 3 aromatic rings. The van der Waals surface area contributed by atoms with Crippen molar-refractivity contribution in [2.24, 2.45) is 0 Å². The normalized spacial score (nSPS) is 11.1. The molecule has 0 aliphatic heterocycles. The van der Waals surface area contributed by atoms with Gasteiger partial charge in [-0.1, -0.05) is 23.7 Å². The lowest BCUT2D eigenvalue weighted by atomic mass is 10.2. The number of fused-ring (bicyclic) bond motifs is 1. The number of aromatic nitrogens is 3. The molecule has 0 amide bonds. The Morgan fingerprint density at radius 3 is 2.74 bits per heavy atom. The van der Waals surface area contributed by atoms with Crippen LogP contribution in [0.4, 0.5) is 5.95 Å². The third-order valence-corrected chi connectivity index (χ3v) is 3.52. The van der Waals surface area contributed by atoms with Gasteiger partial charge in [0.05, 0.1) is 6.54 Å². The maximum Gasteiger partial charge on any atom is 0.202 e. The van der Waals surface area contributed by atoms with Crippen molar-refractivity contribution in [3.63, 3.8) is 0 Å². The molecule has 0 spiro atoms. The number of nitrogen functional groups attached to an aromatic ring is 1. The van der Waals surface area contributed by atoms with E-state index in [1.165, 1.54) is 0 Å². The van der Waals surface area contributed by atoms with E-state index in [9.17, 15) is 0 Å². The molecule has 3 rings (SSSR count). The summed E-state index contributed by atoms with van der Waals surface area (Å²) in [4.78, 5) is 8.67. The predicted molar refractivity (Wildman–Crippen MR) is 80.2 cm³/mol.